The zero-order valence-electron chi connectivity index (χ0n) is 16.6. The van der Waals surface area contributed by atoms with Crippen molar-refractivity contribution in [3.8, 4) is 5.69 Å². The summed E-state index contributed by atoms with van der Waals surface area (Å²) in [5.41, 5.74) is 4.51. The van der Waals surface area contributed by atoms with E-state index in [9.17, 15) is 4.79 Å². The predicted octanol–water partition coefficient (Wildman–Crippen LogP) is 3.31. The van der Waals surface area contributed by atoms with Gasteiger partial charge in [-0.25, -0.2) is 9.67 Å². The van der Waals surface area contributed by atoms with Gasteiger partial charge in [0.05, 0.1) is 36.3 Å². The molecule has 4 rings (SSSR count). The van der Waals surface area contributed by atoms with Gasteiger partial charge >= 0.3 is 0 Å². The topological polar surface area (TPSA) is 73.4 Å². The highest BCUT2D eigenvalue weighted by Crippen LogP contribution is 2.32. The minimum Gasteiger partial charge on any atom is -0.436 e. The van der Waals surface area contributed by atoms with E-state index in [4.69, 9.17) is 14.3 Å². The van der Waals surface area contributed by atoms with Gasteiger partial charge in [0, 0.05) is 24.7 Å². The van der Waals surface area contributed by atoms with E-state index in [1.54, 1.807) is 13.8 Å². The number of rotatable bonds is 3. The van der Waals surface area contributed by atoms with E-state index in [2.05, 4.69) is 4.98 Å². The maximum Gasteiger partial charge on any atom is 0.292 e. The molecule has 0 N–H and O–H groups in total. The number of para-hydroxylation sites is 1. The summed E-state index contributed by atoms with van der Waals surface area (Å²) < 4.78 is 13.2. The van der Waals surface area contributed by atoms with Crippen molar-refractivity contribution in [2.24, 2.45) is 0 Å². The van der Waals surface area contributed by atoms with Gasteiger partial charge in [-0.05, 0) is 32.9 Å². The van der Waals surface area contributed by atoms with Crippen molar-refractivity contribution in [1.29, 1.82) is 0 Å². The number of ether oxygens (including phenoxy) is 1. The molecule has 1 amide bonds. The van der Waals surface area contributed by atoms with Crippen LogP contribution in [0.5, 0.6) is 0 Å². The van der Waals surface area contributed by atoms with Gasteiger partial charge in [0.15, 0.2) is 5.89 Å². The molecule has 0 saturated carbocycles. The van der Waals surface area contributed by atoms with E-state index >= 15 is 0 Å². The summed E-state index contributed by atoms with van der Waals surface area (Å²) in [7, 11) is 0. The van der Waals surface area contributed by atoms with Gasteiger partial charge in [0.1, 0.15) is 0 Å². The van der Waals surface area contributed by atoms with E-state index in [-0.39, 0.29) is 11.9 Å². The standard InChI is InChI=1S/C21H24N4O3/c1-13-19(15(3)25(23-13)17-8-6-5-7-9-17)18-12-27-11-10-24(18)21(26)20-14(2)22-16(4)28-20/h5-9,18H,10-12H2,1-4H3/t18-/m1/s1. The molecule has 0 unspecified atom stereocenters. The zero-order valence-corrected chi connectivity index (χ0v) is 16.6. The lowest BCUT2D eigenvalue weighted by Gasteiger charge is -2.35. The van der Waals surface area contributed by atoms with Crippen LogP contribution in [0, 0.1) is 27.7 Å². The molecule has 146 valence electrons. The number of hydrogen-bond acceptors (Lipinski definition) is 5. The minimum atomic E-state index is -0.219. The molecule has 7 nitrogen and oxygen atoms in total. The molecular weight excluding hydrogens is 356 g/mol. The average Bonchev–Trinajstić information content (AvgIpc) is 3.19. The molecule has 0 bridgehead atoms. The van der Waals surface area contributed by atoms with Crippen LogP contribution in [0.4, 0.5) is 0 Å². The number of amides is 1. The number of aromatic nitrogens is 3. The summed E-state index contributed by atoms with van der Waals surface area (Å²) in [6.07, 6.45) is 0. The lowest BCUT2D eigenvalue weighted by molar-refractivity contribution is -0.00469. The first-order valence-corrected chi connectivity index (χ1v) is 9.41. The number of aryl methyl sites for hydroxylation is 3. The normalized spacial score (nSPS) is 17.1. The molecule has 1 atom stereocenters. The van der Waals surface area contributed by atoms with Crippen molar-refractivity contribution in [3.05, 3.63) is 64.6 Å². The van der Waals surface area contributed by atoms with Crippen LogP contribution in [0.25, 0.3) is 5.69 Å². The summed E-state index contributed by atoms with van der Waals surface area (Å²) in [6.45, 7) is 8.98. The second kappa shape index (κ2) is 7.24. The van der Waals surface area contributed by atoms with Crippen molar-refractivity contribution in [2.75, 3.05) is 19.8 Å². The summed E-state index contributed by atoms with van der Waals surface area (Å²) in [5.74, 6) is 0.641. The average molecular weight is 380 g/mol. The van der Waals surface area contributed by atoms with Gasteiger partial charge < -0.3 is 14.1 Å². The van der Waals surface area contributed by atoms with E-state index in [0.29, 0.717) is 37.1 Å². The predicted molar refractivity (Wildman–Crippen MR) is 104 cm³/mol. The SMILES string of the molecule is Cc1nc(C)c(C(=O)N2CCOC[C@@H]2c2c(C)nn(-c3ccccc3)c2C)o1. The molecule has 2 aromatic heterocycles. The molecule has 3 heterocycles. The molecule has 1 aromatic carbocycles. The molecule has 1 aliphatic heterocycles. The Balaban J connectivity index is 1.74. The van der Waals surface area contributed by atoms with Crippen LogP contribution in [0.3, 0.4) is 0 Å². The monoisotopic (exact) mass is 380 g/mol. The molecule has 1 saturated heterocycles. The summed E-state index contributed by atoms with van der Waals surface area (Å²) in [6, 6.07) is 9.77. The fraction of sp³-hybridized carbons (Fsp3) is 0.381. The van der Waals surface area contributed by atoms with Crippen molar-refractivity contribution >= 4 is 5.91 Å². The maximum atomic E-state index is 13.2. The Morgan fingerprint density at radius 3 is 2.54 bits per heavy atom. The highest BCUT2D eigenvalue weighted by atomic mass is 16.5. The van der Waals surface area contributed by atoms with Crippen LogP contribution in [-0.2, 0) is 4.74 Å². The van der Waals surface area contributed by atoms with Crippen molar-refractivity contribution in [2.45, 2.75) is 33.7 Å². The lowest BCUT2D eigenvalue weighted by Crippen LogP contribution is -2.44. The van der Waals surface area contributed by atoms with Crippen molar-refractivity contribution in [3.63, 3.8) is 0 Å². The molecule has 0 radical (unpaired) electrons. The third-order valence-electron chi connectivity index (χ3n) is 5.17. The number of carbonyl (C=O) groups excluding carboxylic acids is 1. The van der Waals surface area contributed by atoms with Crippen LogP contribution in [0.1, 0.15) is 45.1 Å². The summed E-state index contributed by atoms with van der Waals surface area (Å²) in [5, 5.41) is 4.73. The van der Waals surface area contributed by atoms with Crippen LogP contribution < -0.4 is 0 Å². The second-order valence-corrected chi connectivity index (χ2v) is 7.07. The molecule has 7 heteroatoms. The molecule has 3 aromatic rings. The second-order valence-electron chi connectivity index (χ2n) is 7.07. The van der Waals surface area contributed by atoms with Gasteiger partial charge in [0.25, 0.3) is 5.91 Å². The largest absolute Gasteiger partial charge is 0.436 e. The maximum absolute atomic E-state index is 13.2. The number of morpholine rings is 1. The highest BCUT2D eigenvalue weighted by molar-refractivity contribution is 5.93. The molecule has 0 aliphatic carbocycles. The van der Waals surface area contributed by atoms with Gasteiger partial charge in [-0.2, -0.15) is 5.10 Å². The molecule has 1 aliphatic rings. The Kier molecular flexibility index (Phi) is 4.77. The summed E-state index contributed by atoms with van der Waals surface area (Å²) >= 11 is 0. The number of oxazole rings is 1. The van der Waals surface area contributed by atoms with E-state index < -0.39 is 0 Å². The van der Waals surface area contributed by atoms with Crippen molar-refractivity contribution in [1.82, 2.24) is 19.7 Å². The Hall–Kier alpha value is -2.93. The van der Waals surface area contributed by atoms with Gasteiger partial charge in [-0.1, -0.05) is 18.2 Å². The van der Waals surface area contributed by atoms with Crippen LogP contribution >= 0.6 is 0 Å². The third-order valence-corrected chi connectivity index (χ3v) is 5.17. The van der Waals surface area contributed by atoms with E-state index in [1.807, 2.05) is 53.8 Å². The zero-order chi connectivity index (χ0) is 19.8. The molecule has 1 fully saturated rings. The van der Waals surface area contributed by atoms with Crippen LogP contribution in [-0.4, -0.2) is 45.3 Å². The smallest absolute Gasteiger partial charge is 0.292 e. The number of carbonyl (C=O) groups is 1. The van der Waals surface area contributed by atoms with Gasteiger partial charge in [0.2, 0.25) is 5.76 Å². The number of hydrogen-bond donors (Lipinski definition) is 0. The van der Waals surface area contributed by atoms with Gasteiger partial charge in [-0.3, -0.25) is 4.79 Å². The van der Waals surface area contributed by atoms with Gasteiger partial charge in [-0.15, -0.1) is 0 Å². The third kappa shape index (κ3) is 3.11. The fourth-order valence-electron chi connectivity index (χ4n) is 3.90. The summed E-state index contributed by atoms with van der Waals surface area (Å²) in [4.78, 5) is 19.3. The van der Waals surface area contributed by atoms with Crippen molar-refractivity contribution < 1.29 is 13.9 Å². The fourth-order valence-corrected chi connectivity index (χ4v) is 3.90. The molecule has 28 heavy (non-hydrogen) atoms. The van der Waals surface area contributed by atoms with E-state index in [0.717, 1.165) is 22.6 Å². The first kappa shape index (κ1) is 18.4. The van der Waals surface area contributed by atoms with Crippen LogP contribution in [0.15, 0.2) is 34.7 Å². The Morgan fingerprint density at radius 1 is 1.11 bits per heavy atom. The Labute approximate surface area is 163 Å². The molecule has 0 spiro atoms. The molecular formula is C21H24N4O3. The first-order valence-electron chi connectivity index (χ1n) is 9.41. The first-order chi connectivity index (χ1) is 13.5. The Morgan fingerprint density at radius 2 is 1.86 bits per heavy atom. The Bertz CT molecular complexity index is 1010. The highest BCUT2D eigenvalue weighted by Gasteiger charge is 2.35. The number of benzene rings is 1. The minimum absolute atomic E-state index is 0.155. The number of nitrogens with zero attached hydrogens (tertiary/aromatic N) is 4. The quantitative estimate of drug-likeness (QED) is 0.697. The van der Waals surface area contributed by atoms with E-state index in [1.165, 1.54) is 0 Å². The van der Waals surface area contributed by atoms with Crippen LogP contribution in [0.2, 0.25) is 0 Å². The lowest BCUT2D eigenvalue weighted by atomic mass is 10.0.